The average Bonchev–Trinajstić information content (AvgIpc) is 2.78. The molecule has 0 unspecified atom stereocenters. The molecule has 0 aromatic carbocycles. The molecule has 0 bridgehead atoms. The van der Waals surface area contributed by atoms with E-state index in [4.69, 9.17) is 5.73 Å². The van der Waals surface area contributed by atoms with Crippen LogP contribution in [-0.4, -0.2) is 39.3 Å². The van der Waals surface area contributed by atoms with Gasteiger partial charge in [-0.05, 0) is 52.2 Å². The largest absolute Gasteiger partial charge is 0.330 e. The maximum Gasteiger partial charge on any atom is 0.141 e. The lowest BCUT2D eigenvalue weighted by atomic mass is 9.97. The van der Waals surface area contributed by atoms with Crippen molar-refractivity contribution in [2.45, 2.75) is 39.3 Å². The SMILES string of the molecule is CC(C)n1ncnc1CN1CCC(CN)CC1. The first-order valence-corrected chi connectivity index (χ1v) is 6.51. The second-order valence-electron chi connectivity index (χ2n) is 5.17. The Morgan fingerprint density at radius 2 is 2.12 bits per heavy atom. The van der Waals surface area contributed by atoms with Crippen molar-refractivity contribution in [1.29, 1.82) is 0 Å². The van der Waals surface area contributed by atoms with Gasteiger partial charge in [-0.3, -0.25) is 4.90 Å². The molecule has 17 heavy (non-hydrogen) atoms. The van der Waals surface area contributed by atoms with E-state index in [1.165, 1.54) is 12.8 Å². The van der Waals surface area contributed by atoms with Crippen LogP contribution in [0.2, 0.25) is 0 Å². The smallest absolute Gasteiger partial charge is 0.141 e. The highest BCUT2D eigenvalue weighted by Crippen LogP contribution is 2.18. The summed E-state index contributed by atoms with van der Waals surface area (Å²) in [7, 11) is 0. The van der Waals surface area contributed by atoms with Crippen LogP contribution in [0, 0.1) is 5.92 Å². The Morgan fingerprint density at radius 1 is 1.41 bits per heavy atom. The van der Waals surface area contributed by atoms with Crippen LogP contribution in [-0.2, 0) is 6.54 Å². The lowest BCUT2D eigenvalue weighted by Crippen LogP contribution is -2.36. The molecular weight excluding hydrogens is 214 g/mol. The number of likely N-dealkylation sites (tertiary alicyclic amines) is 1. The van der Waals surface area contributed by atoms with Crippen LogP contribution >= 0.6 is 0 Å². The number of hydrogen-bond acceptors (Lipinski definition) is 4. The molecule has 2 N–H and O–H groups in total. The van der Waals surface area contributed by atoms with Gasteiger partial charge in [-0.25, -0.2) is 9.67 Å². The van der Waals surface area contributed by atoms with E-state index < -0.39 is 0 Å². The highest BCUT2D eigenvalue weighted by Gasteiger charge is 2.19. The summed E-state index contributed by atoms with van der Waals surface area (Å²) in [6, 6.07) is 0.383. The van der Waals surface area contributed by atoms with E-state index in [0.29, 0.717) is 12.0 Å². The van der Waals surface area contributed by atoms with Gasteiger partial charge in [0.2, 0.25) is 0 Å². The Morgan fingerprint density at radius 3 is 2.71 bits per heavy atom. The zero-order valence-corrected chi connectivity index (χ0v) is 10.8. The van der Waals surface area contributed by atoms with Gasteiger partial charge in [-0.15, -0.1) is 0 Å². The maximum atomic E-state index is 5.70. The Labute approximate surface area is 103 Å². The summed E-state index contributed by atoms with van der Waals surface area (Å²) >= 11 is 0. The van der Waals surface area contributed by atoms with Crippen molar-refractivity contribution in [2.24, 2.45) is 11.7 Å². The molecule has 5 nitrogen and oxygen atoms in total. The Kier molecular flexibility index (Phi) is 4.12. The number of aromatic nitrogens is 3. The predicted octanol–water partition coefficient (Wildman–Crippen LogP) is 1.03. The van der Waals surface area contributed by atoms with Gasteiger partial charge in [0, 0.05) is 6.04 Å². The summed E-state index contributed by atoms with van der Waals surface area (Å²) in [5.74, 6) is 1.79. The van der Waals surface area contributed by atoms with E-state index in [-0.39, 0.29) is 0 Å². The topological polar surface area (TPSA) is 60.0 Å². The van der Waals surface area contributed by atoms with Crippen LogP contribution in [0.5, 0.6) is 0 Å². The molecule has 1 aliphatic heterocycles. The summed E-state index contributed by atoms with van der Waals surface area (Å²) in [5, 5.41) is 4.27. The minimum atomic E-state index is 0.383. The summed E-state index contributed by atoms with van der Waals surface area (Å²) < 4.78 is 2.01. The molecule has 0 radical (unpaired) electrons. The van der Waals surface area contributed by atoms with Gasteiger partial charge in [0.15, 0.2) is 0 Å². The molecule has 1 aliphatic rings. The predicted molar refractivity (Wildman–Crippen MR) is 67.5 cm³/mol. The number of nitrogens with two attached hydrogens (primary N) is 1. The van der Waals surface area contributed by atoms with Crippen LogP contribution in [0.3, 0.4) is 0 Å². The van der Waals surface area contributed by atoms with Crippen molar-refractivity contribution in [2.75, 3.05) is 19.6 Å². The first kappa shape index (κ1) is 12.5. The summed E-state index contributed by atoms with van der Waals surface area (Å²) in [6.07, 6.45) is 4.08. The van der Waals surface area contributed by atoms with Crippen molar-refractivity contribution in [1.82, 2.24) is 19.7 Å². The molecule has 2 heterocycles. The molecule has 5 heteroatoms. The van der Waals surface area contributed by atoms with Crippen molar-refractivity contribution < 1.29 is 0 Å². The van der Waals surface area contributed by atoms with Gasteiger partial charge in [0.05, 0.1) is 6.54 Å². The van der Waals surface area contributed by atoms with Gasteiger partial charge in [0.1, 0.15) is 12.2 Å². The Hall–Kier alpha value is -0.940. The summed E-state index contributed by atoms with van der Waals surface area (Å²) in [4.78, 5) is 6.81. The molecule has 96 valence electrons. The van der Waals surface area contributed by atoms with Crippen molar-refractivity contribution in [3.05, 3.63) is 12.2 Å². The molecule has 0 aliphatic carbocycles. The molecule has 0 saturated carbocycles. The average molecular weight is 237 g/mol. The standard InChI is InChI=1S/C12H23N5/c1-10(2)17-12(14-9-15-17)8-16-5-3-11(7-13)4-6-16/h9-11H,3-8,13H2,1-2H3. The fourth-order valence-electron chi connectivity index (χ4n) is 2.40. The Balaban J connectivity index is 1.91. The number of rotatable bonds is 4. The first-order valence-electron chi connectivity index (χ1n) is 6.51. The van der Waals surface area contributed by atoms with E-state index in [1.54, 1.807) is 6.33 Å². The van der Waals surface area contributed by atoms with Crippen molar-refractivity contribution in [3.63, 3.8) is 0 Å². The molecule has 0 atom stereocenters. The fraction of sp³-hybridized carbons (Fsp3) is 0.833. The second kappa shape index (κ2) is 5.60. The third-order valence-electron chi connectivity index (χ3n) is 3.54. The maximum absolute atomic E-state index is 5.70. The number of hydrogen-bond donors (Lipinski definition) is 1. The fourth-order valence-corrected chi connectivity index (χ4v) is 2.40. The summed E-state index contributed by atoms with van der Waals surface area (Å²) in [6.45, 7) is 8.28. The number of nitrogens with zero attached hydrogens (tertiary/aromatic N) is 4. The molecule has 1 aromatic heterocycles. The molecular formula is C12H23N5. The van der Waals surface area contributed by atoms with Gasteiger partial charge >= 0.3 is 0 Å². The first-order chi connectivity index (χ1) is 8.20. The van der Waals surface area contributed by atoms with E-state index in [1.807, 2.05) is 4.68 Å². The normalized spacial score (nSPS) is 19.1. The second-order valence-corrected chi connectivity index (χ2v) is 5.17. The molecule has 2 rings (SSSR count). The minimum absolute atomic E-state index is 0.383. The number of piperidine rings is 1. The zero-order chi connectivity index (χ0) is 12.3. The van der Waals surface area contributed by atoms with E-state index in [9.17, 15) is 0 Å². The van der Waals surface area contributed by atoms with Gasteiger partial charge in [0.25, 0.3) is 0 Å². The van der Waals surface area contributed by atoms with Crippen LogP contribution in [0.25, 0.3) is 0 Å². The van der Waals surface area contributed by atoms with Crippen molar-refractivity contribution in [3.8, 4) is 0 Å². The minimum Gasteiger partial charge on any atom is -0.330 e. The zero-order valence-electron chi connectivity index (χ0n) is 10.8. The van der Waals surface area contributed by atoms with E-state index in [2.05, 4.69) is 28.8 Å². The van der Waals surface area contributed by atoms with Gasteiger partial charge in [-0.2, -0.15) is 5.10 Å². The van der Waals surface area contributed by atoms with Gasteiger partial charge < -0.3 is 5.73 Å². The highest BCUT2D eigenvalue weighted by molar-refractivity contribution is 4.88. The van der Waals surface area contributed by atoms with Crippen molar-refractivity contribution >= 4 is 0 Å². The lowest BCUT2D eigenvalue weighted by Gasteiger charge is -2.31. The van der Waals surface area contributed by atoms with Crippen LogP contribution in [0.4, 0.5) is 0 Å². The summed E-state index contributed by atoms with van der Waals surface area (Å²) in [5.41, 5.74) is 5.70. The van der Waals surface area contributed by atoms with Gasteiger partial charge in [-0.1, -0.05) is 0 Å². The molecule has 1 fully saturated rings. The molecule has 1 aromatic rings. The highest BCUT2D eigenvalue weighted by atomic mass is 15.4. The third kappa shape index (κ3) is 3.04. The Bertz CT molecular complexity index is 338. The molecule has 1 saturated heterocycles. The van der Waals surface area contributed by atoms with Crippen LogP contribution in [0.15, 0.2) is 6.33 Å². The lowest BCUT2D eigenvalue weighted by molar-refractivity contribution is 0.173. The van der Waals surface area contributed by atoms with E-state index >= 15 is 0 Å². The van der Waals surface area contributed by atoms with Crippen LogP contribution in [0.1, 0.15) is 38.6 Å². The third-order valence-corrected chi connectivity index (χ3v) is 3.54. The molecule has 0 spiro atoms. The van der Waals surface area contributed by atoms with Crippen LogP contribution < -0.4 is 5.73 Å². The quantitative estimate of drug-likeness (QED) is 0.849. The molecule has 0 amide bonds. The van der Waals surface area contributed by atoms with E-state index in [0.717, 1.165) is 32.0 Å². The monoisotopic (exact) mass is 237 g/mol.